The van der Waals surface area contributed by atoms with Gasteiger partial charge in [-0.2, -0.15) is 0 Å². The van der Waals surface area contributed by atoms with Crippen molar-refractivity contribution in [2.24, 2.45) is 0 Å². The van der Waals surface area contributed by atoms with E-state index in [1.54, 1.807) is 0 Å². The first-order valence-electron chi connectivity index (χ1n) is 8.10. The predicted octanol–water partition coefficient (Wildman–Crippen LogP) is 5.97. The van der Waals surface area contributed by atoms with Gasteiger partial charge in [0.25, 0.3) is 16.6 Å². The van der Waals surface area contributed by atoms with Gasteiger partial charge in [0.05, 0.1) is 0 Å². The van der Waals surface area contributed by atoms with Gasteiger partial charge in [0.2, 0.25) is 0 Å². The van der Waals surface area contributed by atoms with E-state index in [2.05, 4.69) is 63.6 Å². The van der Waals surface area contributed by atoms with E-state index in [0.717, 1.165) is 22.6 Å². The molecular formula is C20H26O2Si2. The van der Waals surface area contributed by atoms with E-state index < -0.39 is 16.6 Å². The quantitative estimate of drug-likeness (QED) is 0.570. The molecule has 0 atom stereocenters. The number of hydrogen-bond acceptors (Lipinski definition) is 2. The van der Waals surface area contributed by atoms with Gasteiger partial charge in [0.15, 0.2) is 0 Å². The van der Waals surface area contributed by atoms with Gasteiger partial charge in [-0.05, 0) is 61.6 Å². The highest BCUT2D eigenvalue weighted by Gasteiger charge is 2.20. The van der Waals surface area contributed by atoms with Crippen LogP contribution >= 0.6 is 0 Å². The number of benzene rings is 2. The molecule has 0 unspecified atom stereocenters. The summed E-state index contributed by atoms with van der Waals surface area (Å²) in [6.45, 7) is 16.2. The predicted molar refractivity (Wildman–Crippen MR) is 108 cm³/mol. The van der Waals surface area contributed by atoms with Crippen molar-refractivity contribution in [3.05, 3.63) is 73.1 Å². The Morgan fingerprint density at radius 3 is 1.79 bits per heavy atom. The molecule has 0 aromatic heterocycles. The van der Waals surface area contributed by atoms with Crippen LogP contribution in [0.1, 0.15) is 0 Å². The molecule has 0 aliphatic heterocycles. The van der Waals surface area contributed by atoms with E-state index in [0.29, 0.717) is 0 Å². The monoisotopic (exact) mass is 354 g/mol. The van der Waals surface area contributed by atoms with E-state index in [9.17, 15) is 0 Å². The standard InChI is InChI=1S/C20H26O2Si2/c1-7-23(3,4)21-19-14-12-17(13-15-19)18-10-9-11-20(16-18)22-24(5,6)8-2/h7-16H,1-2H2,3-6H3. The molecule has 0 radical (unpaired) electrons. The molecule has 0 aliphatic rings. The van der Waals surface area contributed by atoms with Crippen molar-refractivity contribution in [3.8, 4) is 22.6 Å². The number of rotatable bonds is 7. The van der Waals surface area contributed by atoms with Gasteiger partial charge in [0.1, 0.15) is 11.5 Å². The fraction of sp³-hybridized carbons (Fsp3) is 0.200. The van der Waals surface area contributed by atoms with Crippen LogP contribution in [0.15, 0.2) is 73.1 Å². The molecule has 0 heterocycles. The number of hydrogen-bond donors (Lipinski definition) is 0. The van der Waals surface area contributed by atoms with Crippen LogP contribution in [0.3, 0.4) is 0 Å². The smallest absolute Gasteiger partial charge is 0.269 e. The Balaban J connectivity index is 2.20. The lowest BCUT2D eigenvalue weighted by molar-refractivity contribution is 0.563. The van der Waals surface area contributed by atoms with E-state index >= 15 is 0 Å². The Morgan fingerprint density at radius 2 is 1.25 bits per heavy atom. The highest BCUT2D eigenvalue weighted by atomic mass is 28.4. The summed E-state index contributed by atoms with van der Waals surface area (Å²) < 4.78 is 12.1. The Morgan fingerprint density at radius 1 is 0.708 bits per heavy atom. The van der Waals surface area contributed by atoms with Crippen LogP contribution in [0, 0.1) is 0 Å². The minimum atomic E-state index is -1.84. The molecule has 2 nitrogen and oxygen atoms in total. The molecule has 2 aromatic carbocycles. The first kappa shape index (κ1) is 18.3. The van der Waals surface area contributed by atoms with Crippen molar-refractivity contribution in [3.63, 3.8) is 0 Å². The van der Waals surface area contributed by atoms with Crippen LogP contribution in [0.2, 0.25) is 26.2 Å². The molecule has 24 heavy (non-hydrogen) atoms. The summed E-state index contributed by atoms with van der Waals surface area (Å²) in [7, 11) is -3.66. The molecule has 4 heteroatoms. The van der Waals surface area contributed by atoms with E-state index in [-0.39, 0.29) is 0 Å². The lowest BCUT2D eigenvalue weighted by atomic mass is 10.1. The Kier molecular flexibility index (Phi) is 5.52. The van der Waals surface area contributed by atoms with E-state index in [4.69, 9.17) is 8.85 Å². The second-order valence-corrected chi connectivity index (χ2v) is 14.5. The van der Waals surface area contributed by atoms with Crippen LogP contribution in [0.25, 0.3) is 11.1 Å². The van der Waals surface area contributed by atoms with Crippen LogP contribution in [-0.4, -0.2) is 16.6 Å². The summed E-state index contributed by atoms with van der Waals surface area (Å²) >= 11 is 0. The second kappa shape index (κ2) is 7.24. The SMILES string of the molecule is C=C[Si](C)(C)Oc1ccc(-c2cccc(O[Si](C)(C)C=C)c2)cc1. The summed E-state index contributed by atoms with van der Waals surface area (Å²) in [4.78, 5) is 0. The highest BCUT2D eigenvalue weighted by Crippen LogP contribution is 2.28. The third-order valence-corrected chi connectivity index (χ3v) is 7.26. The summed E-state index contributed by atoms with van der Waals surface area (Å²) in [6, 6.07) is 16.4. The fourth-order valence-corrected chi connectivity index (χ4v) is 3.79. The summed E-state index contributed by atoms with van der Waals surface area (Å²) in [5.74, 6) is 1.78. The van der Waals surface area contributed by atoms with Crippen molar-refractivity contribution in [1.29, 1.82) is 0 Å². The maximum absolute atomic E-state index is 6.11. The lowest BCUT2D eigenvalue weighted by Gasteiger charge is -2.21. The van der Waals surface area contributed by atoms with Gasteiger partial charge < -0.3 is 8.85 Å². The first-order chi connectivity index (χ1) is 11.2. The molecule has 0 amide bonds. The van der Waals surface area contributed by atoms with Crippen molar-refractivity contribution >= 4 is 16.6 Å². The van der Waals surface area contributed by atoms with Gasteiger partial charge in [-0.3, -0.25) is 0 Å². The molecule has 0 spiro atoms. The molecule has 0 saturated heterocycles. The molecule has 0 bridgehead atoms. The molecule has 2 aromatic rings. The van der Waals surface area contributed by atoms with Crippen LogP contribution < -0.4 is 8.85 Å². The molecule has 2 rings (SSSR count). The molecule has 0 aliphatic carbocycles. The first-order valence-corrected chi connectivity index (χ1v) is 14.1. The maximum Gasteiger partial charge on any atom is 0.269 e. The Bertz CT molecular complexity index is 719. The van der Waals surface area contributed by atoms with Crippen molar-refractivity contribution in [1.82, 2.24) is 0 Å². The zero-order valence-corrected chi connectivity index (χ0v) is 17.0. The van der Waals surface area contributed by atoms with E-state index in [1.807, 2.05) is 35.7 Å². The van der Waals surface area contributed by atoms with Gasteiger partial charge in [-0.1, -0.05) is 35.7 Å². The van der Waals surface area contributed by atoms with Crippen LogP contribution in [0.4, 0.5) is 0 Å². The second-order valence-electron chi connectivity index (χ2n) is 6.87. The van der Waals surface area contributed by atoms with Crippen LogP contribution in [0.5, 0.6) is 11.5 Å². The van der Waals surface area contributed by atoms with Crippen molar-refractivity contribution in [2.75, 3.05) is 0 Å². The largest absolute Gasteiger partial charge is 0.540 e. The third-order valence-electron chi connectivity index (χ3n) is 3.77. The lowest BCUT2D eigenvalue weighted by Crippen LogP contribution is -2.31. The average Bonchev–Trinajstić information content (AvgIpc) is 2.55. The van der Waals surface area contributed by atoms with Crippen molar-refractivity contribution < 1.29 is 8.85 Å². The topological polar surface area (TPSA) is 18.5 Å². The molecule has 126 valence electrons. The zero-order chi connectivity index (χ0) is 17.8. The van der Waals surface area contributed by atoms with Crippen LogP contribution in [-0.2, 0) is 0 Å². The molecule has 0 saturated carbocycles. The minimum absolute atomic E-state index is 0.892. The Hall–Kier alpha value is -2.05. The van der Waals surface area contributed by atoms with Gasteiger partial charge >= 0.3 is 0 Å². The Labute approximate surface area is 147 Å². The molecule has 0 fully saturated rings. The summed E-state index contributed by atoms with van der Waals surface area (Å²) in [5.41, 5.74) is 6.15. The van der Waals surface area contributed by atoms with E-state index in [1.165, 1.54) is 0 Å². The van der Waals surface area contributed by atoms with Gasteiger partial charge in [-0.15, -0.1) is 13.2 Å². The maximum atomic E-state index is 6.11. The average molecular weight is 355 g/mol. The van der Waals surface area contributed by atoms with Crippen molar-refractivity contribution in [2.45, 2.75) is 26.2 Å². The third kappa shape index (κ3) is 4.98. The highest BCUT2D eigenvalue weighted by molar-refractivity contribution is 6.77. The normalized spacial score (nSPS) is 11.7. The zero-order valence-electron chi connectivity index (χ0n) is 15.0. The van der Waals surface area contributed by atoms with Gasteiger partial charge in [-0.25, -0.2) is 0 Å². The molecular weight excluding hydrogens is 328 g/mol. The van der Waals surface area contributed by atoms with Gasteiger partial charge in [0, 0.05) is 0 Å². The summed E-state index contributed by atoms with van der Waals surface area (Å²) in [6.07, 6.45) is 0. The minimum Gasteiger partial charge on any atom is -0.540 e. The summed E-state index contributed by atoms with van der Waals surface area (Å²) in [5, 5.41) is 0. The fourth-order valence-electron chi connectivity index (χ4n) is 2.15. The molecule has 0 N–H and O–H groups in total.